The molecule has 4 heteroatoms. The number of nitrogens with zero attached hydrogens (tertiary/aromatic N) is 1. The molecule has 2 rings (SSSR count). The molecule has 2 aliphatic rings. The lowest BCUT2D eigenvalue weighted by Crippen LogP contribution is -2.50. The molecular formula is C16H32N2OS. The Morgan fingerprint density at radius 3 is 2.45 bits per heavy atom. The third-order valence-corrected chi connectivity index (χ3v) is 6.63. The van der Waals surface area contributed by atoms with Crippen LogP contribution >= 0.6 is 0 Å². The van der Waals surface area contributed by atoms with Gasteiger partial charge in [0.15, 0.2) is 0 Å². The summed E-state index contributed by atoms with van der Waals surface area (Å²) < 4.78 is 11.4. The maximum absolute atomic E-state index is 11.4. The first-order chi connectivity index (χ1) is 9.58. The number of piperidine rings is 1. The van der Waals surface area contributed by atoms with E-state index >= 15 is 0 Å². The van der Waals surface area contributed by atoms with Gasteiger partial charge in [-0.3, -0.25) is 4.21 Å². The average Bonchev–Trinajstić information content (AvgIpc) is 2.46. The Labute approximate surface area is 127 Å². The van der Waals surface area contributed by atoms with E-state index in [1.165, 1.54) is 51.6 Å². The predicted molar refractivity (Wildman–Crippen MR) is 87.5 cm³/mol. The van der Waals surface area contributed by atoms with Crippen molar-refractivity contribution in [2.24, 2.45) is 5.92 Å². The molecule has 0 aromatic heterocycles. The zero-order valence-corrected chi connectivity index (χ0v) is 14.3. The second-order valence-corrected chi connectivity index (χ2v) is 8.66. The fourth-order valence-corrected chi connectivity index (χ4v) is 4.06. The Morgan fingerprint density at radius 1 is 1.20 bits per heavy atom. The van der Waals surface area contributed by atoms with E-state index in [0.29, 0.717) is 6.04 Å². The molecule has 4 atom stereocenters. The zero-order chi connectivity index (χ0) is 14.5. The molecule has 0 amide bonds. The number of rotatable bonds is 5. The summed E-state index contributed by atoms with van der Waals surface area (Å²) in [5, 5.41) is 3.89. The third-order valence-electron chi connectivity index (χ3n) is 5.33. The van der Waals surface area contributed by atoms with Crippen molar-refractivity contribution in [2.45, 2.75) is 69.7 Å². The summed E-state index contributed by atoms with van der Waals surface area (Å²) in [7, 11) is -0.703. The summed E-state index contributed by atoms with van der Waals surface area (Å²) in [6.07, 6.45) is 10.0. The summed E-state index contributed by atoms with van der Waals surface area (Å²) in [6, 6.07) is 1.47. The molecular weight excluding hydrogens is 268 g/mol. The quantitative estimate of drug-likeness (QED) is 0.846. The van der Waals surface area contributed by atoms with E-state index in [1.807, 2.05) is 0 Å². The third kappa shape index (κ3) is 4.54. The van der Waals surface area contributed by atoms with Gasteiger partial charge in [0.2, 0.25) is 0 Å². The molecule has 20 heavy (non-hydrogen) atoms. The number of likely N-dealkylation sites (tertiary alicyclic amines) is 1. The smallest absolute Gasteiger partial charge is 0.0441 e. The van der Waals surface area contributed by atoms with Crippen LogP contribution in [0.1, 0.15) is 52.4 Å². The highest BCUT2D eigenvalue weighted by atomic mass is 32.2. The van der Waals surface area contributed by atoms with Crippen molar-refractivity contribution < 1.29 is 4.21 Å². The lowest BCUT2D eigenvalue weighted by atomic mass is 9.84. The molecule has 0 spiro atoms. The van der Waals surface area contributed by atoms with Crippen LogP contribution in [-0.2, 0) is 10.8 Å². The van der Waals surface area contributed by atoms with Gasteiger partial charge >= 0.3 is 0 Å². The minimum Gasteiger partial charge on any atom is -0.313 e. The molecule has 0 bridgehead atoms. The van der Waals surface area contributed by atoms with Crippen LogP contribution in [0.4, 0.5) is 0 Å². The highest BCUT2D eigenvalue weighted by molar-refractivity contribution is 7.84. The fraction of sp³-hybridized carbons (Fsp3) is 1.00. The Balaban J connectivity index is 1.70. The summed E-state index contributed by atoms with van der Waals surface area (Å²) in [6.45, 7) is 7.90. The van der Waals surface area contributed by atoms with Gasteiger partial charge in [-0.15, -0.1) is 0 Å². The molecule has 1 N–H and O–H groups in total. The normalized spacial score (nSPS) is 33.0. The number of nitrogens with one attached hydrogen (secondary N) is 1. The molecule has 1 saturated carbocycles. The molecule has 0 unspecified atom stereocenters. The summed E-state index contributed by atoms with van der Waals surface area (Å²) in [5.41, 5.74) is 0. The maximum Gasteiger partial charge on any atom is 0.0441 e. The molecule has 1 saturated heterocycles. The van der Waals surface area contributed by atoms with Crippen LogP contribution in [0.3, 0.4) is 0 Å². The van der Waals surface area contributed by atoms with Gasteiger partial charge in [0, 0.05) is 40.9 Å². The first kappa shape index (κ1) is 16.4. The van der Waals surface area contributed by atoms with E-state index in [2.05, 4.69) is 24.1 Å². The van der Waals surface area contributed by atoms with Crippen molar-refractivity contribution in [3.63, 3.8) is 0 Å². The molecule has 0 aromatic carbocycles. The number of hydrogen-bond acceptors (Lipinski definition) is 3. The van der Waals surface area contributed by atoms with Gasteiger partial charge in [-0.25, -0.2) is 0 Å². The van der Waals surface area contributed by atoms with Crippen LogP contribution in [0.5, 0.6) is 0 Å². The van der Waals surface area contributed by atoms with E-state index in [4.69, 9.17) is 0 Å². The van der Waals surface area contributed by atoms with Crippen LogP contribution in [0.2, 0.25) is 0 Å². The van der Waals surface area contributed by atoms with Crippen molar-refractivity contribution in [1.82, 2.24) is 10.2 Å². The second kappa shape index (κ2) is 7.90. The van der Waals surface area contributed by atoms with E-state index in [1.54, 1.807) is 6.26 Å². The van der Waals surface area contributed by atoms with Crippen LogP contribution in [0, 0.1) is 5.92 Å². The summed E-state index contributed by atoms with van der Waals surface area (Å²) >= 11 is 0. The lowest BCUT2D eigenvalue weighted by molar-refractivity contribution is 0.0817. The minimum atomic E-state index is -0.703. The minimum absolute atomic E-state index is 0.270. The van der Waals surface area contributed by atoms with Crippen molar-refractivity contribution in [1.29, 1.82) is 0 Å². The SMILES string of the molecule is C[C@@H]1CCCC[C@@H]1N1CCC(NC[C@@H](C)[S@](C)=O)CC1. The van der Waals surface area contributed by atoms with E-state index < -0.39 is 10.8 Å². The Morgan fingerprint density at radius 2 is 1.85 bits per heavy atom. The van der Waals surface area contributed by atoms with Gasteiger partial charge in [0.1, 0.15) is 0 Å². The first-order valence-corrected chi connectivity index (χ1v) is 9.99. The molecule has 1 aliphatic heterocycles. The average molecular weight is 301 g/mol. The van der Waals surface area contributed by atoms with Crippen LogP contribution < -0.4 is 5.32 Å². The molecule has 1 heterocycles. The molecule has 0 radical (unpaired) electrons. The van der Waals surface area contributed by atoms with Gasteiger partial charge in [-0.2, -0.15) is 0 Å². The van der Waals surface area contributed by atoms with Gasteiger partial charge in [-0.05, 0) is 51.6 Å². The van der Waals surface area contributed by atoms with Crippen LogP contribution in [0.25, 0.3) is 0 Å². The Hall–Kier alpha value is 0.0700. The zero-order valence-electron chi connectivity index (χ0n) is 13.4. The molecule has 118 valence electrons. The first-order valence-electron chi connectivity index (χ1n) is 8.37. The molecule has 1 aliphatic carbocycles. The van der Waals surface area contributed by atoms with E-state index in [-0.39, 0.29) is 5.25 Å². The number of hydrogen-bond donors (Lipinski definition) is 1. The largest absolute Gasteiger partial charge is 0.313 e. The maximum atomic E-state index is 11.4. The highest BCUT2D eigenvalue weighted by Crippen LogP contribution is 2.29. The van der Waals surface area contributed by atoms with Gasteiger partial charge in [-0.1, -0.05) is 19.8 Å². The van der Waals surface area contributed by atoms with Crippen LogP contribution in [-0.4, -0.2) is 52.3 Å². The predicted octanol–water partition coefficient (Wildman–Crippen LogP) is 2.39. The van der Waals surface area contributed by atoms with Crippen molar-refractivity contribution in [2.75, 3.05) is 25.9 Å². The second-order valence-electron chi connectivity index (χ2n) is 6.86. The lowest BCUT2D eigenvalue weighted by Gasteiger charge is -2.42. The van der Waals surface area contributed by atoms with Gasteiger partial charge in [0.25, 0.3) is 0 Å². The summed E-state index contributed by atoms with van der Waals surface area (Å²) in [5.74, 6) is 0.885. The summed E-state index contributed by atoms with van der Waals surface area (Å²) in [4.78, 5) is 2.74. The van der Waals surface area contributed by atoms with E-state index in [0.717, 1.165) is 18.5 Å². The van der Waals surface area contributed by atoms with Gasteiger partial charge in [0.05, 0.1) is 0 Å². The highest BCUT2D eigenvalue weighted by Gasteiger charge is 2.30. The topological polar surface area (TPSA) is 32.3 Å². The standard InChI is InChI=1S/C16H32N2OS/c1-13-6-4-5-7-16(13)18-10-8-15(9-11-18)17-12-14(2)20(3)19/h13-17H,4-12H2,1-3H3/t13-,14-,16+,20+/m1/s1. The molecule has 2 fully saturated rings. The Bertz CT molecular complexity index is 316. The van der Waals surface area contributed by atoms with Crippen molar-refractivity contribution in [3.8, 4) is 0 Å². The Kier molecular flexibility index (Phi) is 6.50. The monoisotopic (exact) mass is 300 g/mol. The van der Waals surface area contributed by atoms with Crippen LogP contribution in [0.15, 0.2) is 0 Å². The molecule has 0 aromatic rings. The van der Waals surface area contributed by atoms with E-state index in [9.17, 15) is 4.21 Å². The van der Waals surface area contributed by atoms with Gasteiger partial charge < -0.3 is 10.2 Å². The fourth-order valence-electron chi connectivity index (χ4n) is 3.72. The molecule has 3 nitrogen and oxygen atoms in total. The van der Waals surface area contributed by atoms with Crippen molar-refractivity contribution in [3.05, 3.63) is 0 Å². The van der Waals surface area contributed by atoms with Crippen molar-refractivity contribution >= 4 is 10.8 Å².